The Balaban J connectivity index is 2.63. The van der Waals surface area contributed by atoms with Crippen LogP contribution in [0.1, 0.15) is 47.0 Å². The summed E-state index contributed by atoms with van der Waals surface area (Å²) in [5.74, 6) is 0.837. The maximum absolute atomic E-state index is 12.2. The minimum absolute atomic E-state index is 0.164. The Labute approximate surface area is 99.4 Å². The van der Waals surface area contributed by atoms with Crippen molar-refractivity contribution in [1.29, 1.82) is 0 Å². The molecule has 0 aromatic heterocycles. The molecule has 1 saturated heterocycles. The Bertz CT molecular complexity index is 245. The summed E-state index contributed by atoms with van der Waals surface area (Å²) in [6, 6.07) is 0.164. The Kier molecular flexibility index (Phi) is 4.36. The van der Waals surface area contributed by atoms with E-state index in [0.29, 0.717) is 5.92 Å². The van der Waals surface area contributed by atoms with Gasteiger partial charge in [-0.05, 0) is 18.8 Å². The molecule has 1 aliphatic heterocycles. The third kappa shape index (κ3) is 3.48. The molecule has 16 heavy (non-hydrogen) atoms. The van der Waals surface area contributed by atoms with E-state index in [-0.39, 0.29) is 17.4 Å². The topological polar surface area (TPSA) is 46.3 Å². The first-order chi connectivity index (χ1) is 7.34. The van der Waals surface area contributed by atoms with Crippen LogP contribution >= 0.6 is 0 Å². The number of carbonyl (C=O) groups excluding carboxylic acids is 1. The summed E-state index contributed by atoms with van der Waals surface area (Å²) in [4.78, 5) is 14.2. The van der Waals surface area contributed by atoms with Gasteiger partial charge in [-0.15, -0.1) is 0 Å². The summed E-state index contributed by atoms with van der Waals surface area (Å²) in [5, 5.41) is 0. The van der Waals surface area contributed by atoms with Crippen LogP contribution in [-0.4, -0.2) is 29.9 Å². The molecule has 3 nitrogen and oxygen atoms in total. The Morgan fingerprint density at radius 3 is 2.50 bits per heavy atom. The average molecular weight is 226 g/mol. The van der Waals surface area contributed by atoms with E-state index in [9.17, 15) is 4.79 Å². The van der Waals surface area contributed by atoms with E-state index in [1.807, 2.05) is 25.7 Å². The normalized spacial score (nSPS) is 26.9. The van der Waals surface area contributed by atoms with Crippen molar-refractivity contribution in [2.45, 2.75) is 53.0 Å². The zero-order chi connectivity index (χ0) is 12.3. The molecule has 0 radical (unpaired) electrons. The minimum Gasteiger partial charge on any atom is -0.340 e. The van der Waals surface area contributed by atoms with Gasteiger partial charge < -0.3 is 10.6 Å². The van der Waals surface area contributed by atoms with Gasteiger partial charge in [0.05, 0.1) is 0 Å². The van der Waals surface area contributed by atoms with Crippen molar-refractivity contribution in [3.8, 4) is 0 Å². The van der Waals surface area contributed by atoms with Gasteiger partial charge in [-0.3, -0.25) is 4.79 Å². The molecule has 0 aromatic carbocycles. The van der Waals surface area contributed by atoms with Crippen molar-refractivity contribution >= 4 is 5.91 Å². The minimum atomic E-state index is -0.284. The van der Waals surface area contributed by atoms with Gasteiger partial charge in [0.1, 0.15) is 0 Å². The first kappa shape index (κ1) is 13.5. The van der Waals surface area contributed by atoms with Gasteiger partial charge in [0.25, 0.3) is 0 Å². The fourth-order valence-electron chi connectivity index (χ4n) is 2.50. The van der Waals surface area contributed by atoms with E-state index in [4.69, 9.17) is 5.73 Å². The summed E-state index contributed by atoms with van der Waals surface area (Å²) < 4.78 is 0. The predicted octanol–water partition coefficient (Wildman–Crippen LogP) is 2.01. The van der Waals surface area contributed by atoms with Crippen LogP contribution in [-0.2, 0) is 4.79 Å². The summed E-state index contributed by atoms with van der Waals surface area (Å²) in [6.07, 6.45) is 3.43. The van der Waals surface area contributed by atoms with Gasteiger partial charge >= 0.3 is 0 Å². The van der Waals surface area contributed by atoms with Gasteiger partial charge in [0, 0.05) is 24.5 Å². The van der Waals surface area contributed by atoms with Crippen molar-refractivity contribution in [1.82, 2.24) is 4.90 Å². The molecule has 3 heteroatoms. The van der Waals surface area contributed by atoms with Crippen LogP contribution in [0.5, 0.6) is 0 Å². The average Bonchev–Trinajstić information content (AvgIpc) is 2.14. The van der Waals surface area contributed by atoms with E-state index in [1.54, 1.807) is 0 Å². The highest BCUT2D eigenvalue weighted by Crippen LogP contribution is 2.25. The Hall–Kier alpha value is -0.570. The number of carbonyl (C=O) groups is 1. The van der Waals surface area contributed by atoms with Gasteiger partial charge in [0.2, 0.25) is 5.91 Å². The lowest BCUT2D eigenvalue weighted by Crippen LogP contribution is -2.52. The van der Waals surface area contributed by atoms with Gasteiger partial charge in [-0.2, -0.15) is 0 Å². The lowest BCUT2D eigenvalue weighted by molar-refractivity contribution is -0.141. The second kappa shape index (κ2) is 5.17. The first-order valence-corrected chi connectivity index (χ1v) is 6.39. The van der Waals surface area contributed by atoms with E-state index in [1.165, 1.54) is 12.8 Å². The first-order valence-electron chi connectivity index (χ1n) is 6.39. The monoisotopic (exact) mass is 226 g/mol. The highest BCUT2D eigenvalue weighted by atomic mass is 16.2. The van der Waals surface area contributed by atoms with Crippen LogP contribution < -0.4 is 5.73 Å². The van der Waals surface area contributed by atoms with Crippen LogP contribution in [0.2, 0.25) is 0 Å². The van der Waals surface area contributed by atoms with Crippen molar-refractivity contribution in [2.24, 2.45) is 17.1 Å². The molecule has 0 aromatic rings. The van der Waals surface area contributed by atoms with Crippen LogP contribution in [0.15, 0.2) is 0 Å². The zero-order valence-electron chi connectivity index (χ0n) is 11.1. The maximum atomic E-state index is 12.2. The summed E-state index contributed by atoms with van der Waals surface area (Å²) in [6.45, 7) is 9.75. The number of amides is 1. The number of nitrogens with zero attached hydrogens (tertiary/aromatic N) is 1. The predicted molar refractivity (Wildman–Crippen MR) is 67.0 cm³/mol. The number of nitrogens with two attached hydrogens (primary N) is 1. The second-order valence-electron chi connectivity index (χ2n) is 6.11. The molecule has 0 aliphatic carbocycles. The molecule has 2 N–H and O–H groups in total. The van der Waals surface area contributed by atoms with E-state index in [2.05, 4.69) is 6.92 Å². The fraction of sp³-hybridized carbons (Fsp3) is 0.923. The third-order valence-corrected chi connectivity index (χ3v) is 3.20. The molecule has 1 aliphatic rings. The number of hydrogen-bond acceptors (Lipinski definition) is 2. The van der Waals surface area contributed by atoms with Crippen molar-refractivity contribution in [3.05, 3.63) is 0 Å². The summed E-state index contributed by atoms with van der Waals surface area (Å²) in [5.41, 5.74) is 5.75. The zero-order valence-corrected chi connectivity index (χ0v) is 11.1. The molecular formula is C13H26N2O. The highest BCUT2D eigenvalue weighted by Gasteiger charge is 2.33. The van der Waals surface area contributed by atoms with Crippen molar-refractivity contribution in [2.75, 3.05) is 13.1 Å². The lowest BCUT2D eigenvalue weighted by atomic mass is 9.88. The van der Waals surface area contributed by atoms with E-state index in [0.717, 1.165) is 19.5 Å². The molecular weight excluding hydrogens is 200 g/mol. The number of hydrogen-bond donors (Lipinski definition) is 1. The Morgan fingerprint density at radius 1 is 1.38 bits per heavy atom. The van der Waals surface area contributed by atoms with Crippen molar-refractivity contribution < 1.29 is 4.79 Å². The van der Waals surface area contributed by atoms with Crippen LogP contribution in [0.25, 0.3) is 0 Å². The van der Waals surface area contributed by atoms with E-state index < -0.39 is 0 Å². The standard InChI is InChI=1S/C13H26N2O/c1-5-6-10-7-11(14)9-15(8-10)12(16)13(2,3)4/h10-11H,5-9,14H2,1-4H3. The number of rotatable bonds is 2. The molecule has 0 spiro atoms. The SMILES string of the molecule is CCCC1CC(N)CN(C(=O)C(C)(C)C)C1. The van der Waals surface area contributed by atoms with Gasteiger partial charge in [0.15, 0.2) is 0 Å². The van der Waals surface area contributed by atoms with Crippen LogP contribution in [0.3, 0.4) is 0 Å². The van der Waals surface area contributed by atoms with Crippen LogP contribution in [0.4, 0.5) is 0 Å². The maximum Gasteiger partial charge on any atom is 0.228 e. The molecule has 1 fully saturated rings. The summed E-state index contributed by atoms with van der Waals surface area (Å²) in [7, 11) is 0. The highest BCUT2D eigenvalue weighted by molar-refractivity contribution is 5.81. The number of likely N-dealkylation sites (tertiary alicyclic amines) is 1. The smallest absolute Gasteiger partial charge is 0.228 e. The number of piperidine rings is 1. The van der Waals surface area contributed by atoms with Crippen molar-refractivity contribution in [3.63, 3.8) is 0 Å². The Morgan fingerprint density at radius 2 is 2.00 bits per heavy atom. The fourth-order valence-corrected chi connectivity index (χ4v) is 2.50. The molecule has 1 amide bonds. The molecule has 2 atom stereocenters. The molecule has 2 unspecified atom stereocenters. The molecule has 0 bridgehead atoms. The quantitative estimate of drug-likeness (QED) is 0.783. The molecule has 0 saturated carbocycles. The summed E-state index contributed by atoms with van der Waals surface area (Å²) >= 11 is 0. The molecule has 94 valence electrons. The third-order valence-electron chi connectivity index (χ3n) is 3.20. The molecule has 1 rings (SSSR count). The second-order valence-corrected chi connectivity index (χ2v) is 6.11. The van der Waals surface area contributed by atoms with E-state index >= 15 is 0 Å². The molecule has 1 heterocycles. The lowest BCUT2D eigenvalue weighted by Gasteiger charge is -2.39. The van der Waals surface area contributed by atoms with Crippen LogP contribution in [0, 0.1) is 11.3 Å². The van der Waals surface area contributed by atoms with Gasteiger partial charge in [-0.25, -0.2) is 0 Å². The van der Waals surface area contributed by atoms with Gasteiger partial charge in [-0.1, -0.05) is 34.1 Å². The largest absolute Gasteiger partial charge is 0.340 e.